The van der Waals surface area contributed by atoms with Gasteiger partial charge in [0.05, 0.1) is 18.1 Å². The van der Waals surface area contributed by atoms with E-state index in [0.717, 1.165) is 0 Å². The number of anilines is 1. The Balaban J connectivity index is 1.89. The molecule has 0 unspecified atom stereocenters. The fourth-order valence-electron chi connectivity index (χ4n) is 1.68. The number of nitrogens with one attached hydrogen (secondary N) is 2. The first kappa shape index (κ1) is 16.0. The molecule has 8 heteroatoms. The third-order valence-corrected chi connectivity index (χ3v) is 3.34. The minimum Gasteiger partial charge on any atom is -0.496 e. The smallest absolute Gasteiger partial charge is 0.251 e. The first-order valence-corrected chi connectivity index (χ1v) is 7.14. The molecule has 2 amide bonds. The molecule has 0 bridgehead atoms. The zero-order valence-corrected chi connectivity index (χ0v) is 13.6. The van der Waals surface area contributed by atoms with Crippen LogP contribution in [0.1, 0.15) is 16.1 Å². The molecule has 2 N–H and O–H groups in total. The van der Waals surface area contributed by atoms with E-state index in [-0.39, 0.29) is 12.5 Å². The summed E-state index contributed by atoms with van der Waals surface area (Å²) in [6.07, 6.45) is 0. The second-order valence-corrected chi connectivity index (χ2v) is 5.26. The highest BCUT2D eigenvalue weighted by Crippen LogP contribution is 2.25. The van der Waals surface area contributed by atoms with Gasteiger partial charge >= 0.3 is 0 Å². The molecule has 0 aliphatic rings. The summed E-state index contributed by atoms with van der Waals surface area (Å²) in [6.45, 7) is 1.54. The van der Waals surface area contributed by atoms with Crippen molar-refractivity contribution in [2.75, 3.05) is 19.0 Å². The Kier molecular flexibility index (Phi) is 5.16. The number of carbonyl (C=O) groups is 2. The van der Waals surface area contributed by atoms with Gasteiger partial charge in [0.1, 0.15) is 11.5 Å². The van der Waals surface area contributed by atoms with Gasteiger partial charge in [-0.2, -0.15) is 0 Å². The number of nitrogens with zero attached hydrogens (tertiary/aromatic N) is 1. The zero-order valence-electron chi connectivity index (χ0n) is 12.0. The van der Waals surface area contributed by atoms with Crippen LogP contribution in [0.3, 0.4) is 0 Å². The van der Waals surface area contributed by atoms with Crippen LogP contribution in [0.4, 0.5) is 5.82 Å². The molecule has 1 aromatic carbocycles. The van der Waals surface area contributed by atoms with Gasteiger partial charge in [-0.3, -0.25) is 9.59 Å². The predicted octanol–water partition coefficient (Wildman–Crippen LogP) is 2.12. The monoisotopic (exact) mass is 367 g/mol. The van der Waals surface area contributed by atoms with Gasteiger partial charge < -0.3 is 19.9 Å². The maximum atomic E-state index is 12.0. The van der Waals surface area contributed by atoms with Gasteiger partial charge in [-0.15, -0.1) is 0 Å². The summed E-state index contributed by atoms with van der Waals surface area (Å²) in [6, 6.07) is 6.47. The van der Waals surface area contributed by atoms with Crippen LogP contribution in [0, 0.1) is 6.92 Å². The molecule has 2 aromatic rings. The van der Waals surface area contributed by atoms with Crippen LogP contribution in [0.2, 0.25) is 0 Å². The third-order valence-electron chi connectivity index (χ3n) is 2.72. The van der Waals surface area contributed by atoms with Crippen molar-refractivity contribution < 1.29 is 18.8 Å². The van der Waals surface area contributed by atoms with Crippen LogP contribution >= 0.6 is 15.9 Å². The van der Waals surface area contributed by atoms with Crippen LogP contribution in [-0.2, 0) is 4.79 Å². The SMILES string of the molecule is COc1ccc(C(=O)NCC(=O)Nc2cc(C)on2)cc1Br. The summed E-state index contributed by atoms with van der Waals surface area (Å²) in [4.78, 5) is 23.7. The number of hydrogen-bond acceptors (Lipinski definition) is 5. The van der Waals surface area contributed by atoms with Crippen LogP contribution in [0.25, 0.3) is 0 Å². The maximum absolute atomic E-state index is 12.0. The molecule has 0 aliphatic heterocycles. The van der Waals surface area contributed by atoms with Crippen LogP contribution in [-0.4, -0.2) is 30.6 Å². The van der Waals surface area contributed by atoms with Gasteiger partial charge in [-0.25, -0.2) is 0 Å². The highest BCUT2D eigenvalue weighted by atomic mass is 79.9. The van der Waals surface area contributed by atoms with E-state index >= 15 is 0 Å². The molecule has 0 saturated heterocycles. The topological polar surface area (TPSA) is 93.5 Å². The molecule has 0 saturated carbocycles. The summed E-state index contributed by atoms with van der Waals surface area (Å²) < 4.78 is 10.6. The van der Waals surface area contributed by atoms with Crippen LogP contribution in [0.5, 0.6) is 5.75 Å². The molecule has 1 heterocycles. The number of halogens is 1. The lowest BCUT2D eigenvalue weighted by atomic mass is 10.2. The lowest BCUT2D eigenvalue weighted by molar-refractivity contribution is -0.115. The molecular weight excluding hydrogens is 354 g/mol. The number of benzene rings is 1. The quantitative estimate of drug-likeness (QED) is 0.843. The molecule has 7 nitrogen and oxygen atoms in total. The van der Waals surface area contributed by atoms with Crippen molar-refractivity contribution in [2.45, 2.75) is 6.92 Å². The second-order valence-electron chi connectivity index (χ2n) is 4.40. The van der Waals surface area contributed by atoms with E-state index < -0.39 is 5.91 Å². The van der Waals surface area contributed by atoms with E-state index in [1.165, 1.54) is 7.11 Å². The van der Waals surface area contributed by atoms with E-state index in [1.807, 2.05) is 0 Å². The molecule has 2 rings (SSSR count). The third kappa shape index (κ3) is 4.08. The van der Waals surface area contributed by atoms with E-state index in [9.17, 15) is 9.59 Å². The molecule has 1 aromatic heterocycles. The molecule has 0 atom stereocenters. The average Bonchev–Trinajstić information content (AvgIpc) is 2.89. The zero-order chi connectivity index (χ0) is 16.1. The van der Waals surface area contributed by atoms with Gasteiger partial charge in [-0.05, 0) is 41.1 Å². The lowest BCUT2D eigenvalue weighted by Crippen LogP contribution is -2.32. The van der Waals surface area contributed by atoms with Crippen molar-refractivity contribution in [3.05, 3.63) is 40.1 Å². The predicted molar refractivity (Wildman–Crippen MR) is 82.9 cm³/mol. The summed E-state index contributed by atoms with van der Waals surface area (Å²) >= 11 is 3.30. The number of amides is 2. The fraction of sp³-hybridized carbons (Fsp3) is 0.214. The summed E-state index contributed by atoms with van der Waals surface area (Å²) in [5.41, 5.74) is 0.415. The van der Waals surface area contributed by atoms with Crippen molar-refractivity contribution >= 4 is 33.6 Å². The Labute approximate surface area is 135 Å². The Morgan fingerprint density at radius 2 is 2.14 bits per heavy atom. The van der Waals surface area contributed by atoms with E-state index in [0.29, 0.717) is 27.4 Å². The van der Waals surface area contributed by atoms with Crippen LogP contribution in [0.15, 0.2) is 33.3 Å². The summed E-state index contributed by atoms with van der Waals surface area (Å²) in [5.74, 6) is 0.756. The normalized spacial score (nSPS) is 10.1. The Morgan fingerprint density at radius 1 is 1.36 bits per heavy atom. The minimum absolute atomic E-state index is 0.172. The van der Waals surface area contributed by atoms with Gasteiger partial charge in [0.25, 0.3) is 5.91 Å². The first-order chi connectivity index (χ1) is 10.5. The summed E-state index contributed by atoms with van der Waals surface area (Å²) in [7, 11) is 1.54. The van der Waals surface area contributed by atoms with E-state index in [1.54, 1.807) is 31.2 Å². The average molecular weight is 368 g/mol. The molecule has 22 heavy (non-hydrogen) atoms. The number of rotatable bonds is 5. The van der Waals surface area contributed by atoms with Gasteiger partial charge in [0, 0.05) is 11.6 Å². The minimum atomic E-state index is -0.394. The largest absolute Gasteiger partial charge is 0.496 e. The summed E-state index contributed by atoms with van der Waals surface area (Å²) in [5, 5.41) is 8.66. The van der Waals surface area contributed by atoms with Crippen molar-refractivity contribution in [1.82, 2.24) is 10.5 Å². The van der Waals surface area contributed by atoms with Crippen molar-refractivity contribution in [3.63, 3.8) is 0 Å². The molecule has 0 aliphatic carbocycles. The molecule has 0 radical (unpaired) electrons. The standard InChI is InChI=1S/C14H14BrN3O4/c1-8-5-12(18-22-8)17-13(19)7-16-14(20)9-3-4-11(21-2)10(15)6-9/h3-6H,7H2,1-2H3,(H,16,20)(H,17,18,19). The number of carbonyl (C=O) groups excluding carboxylic acids is 2. The van der Waals surface area contributed by atoms with E-state index in [4.69, 9.17) is 9.26 Å². The van der Waals surface area contributed by atoms with Crippen molar-refractivity contribution in [2.24, 2.45) is 0 Å². The Bertz CT molecular complexity index is 699. The Hall–Kier alpha value is -2.35. The molecule has 116 valence electrons. The highest BCUT2D eigenvalue weighted by Gasteiger charge is 2.11. The molecule has 0 fully saturated rings. The van der Waals surface area contributed by atoms with Crippen molar-refractivity contribution in [1.29, 1.82) is 0 Å². The fourth-order valence-corrected chi connectivity index (χ4v) is 2.22. The van der Waals surface area contributed by atoms with Crippen molar-refractivity contribution in [3.8, 4) is 5.75 Å². The number of methoxy groups -OCH3 is 1. The number of ether oxygens (including phenoxy) is 1. The highest BCUT2D eigenvalue weighted by molar-refractivity contribution is 9.10. The first-order valence-electron chi connectivity index (χ1n) is 6.34. The number of aryl methyl sites for hydroxylation is 1. The maximum Gasteiger partial charge on any atom is 0.251 e. The number of hydrogen-bond donors (Lipinski definition) is 2. The van der Waals surface area contributed by atoms with Gasteiger partial charge in [0.2, 0.25) is 5.91 Å². The molecule has 0 spiro atoms. The van der Waals surface area contributed by atoms with E-state index in [2.05, 4.69) is 31.7 Å². The number of aromatic nitrogens is 1. The molecular formula is C14H14BrN3O4. The van der Waals surface area contributed by atoms with Crippen LogP contribution < -0.4 is 15.4 Å². The lowest BCUT2D eigenvalue weighted by Gasteiger charge is -2.07. The van der Waals surface area contributed by atoms with Gasteiger partial charge in [0.15, 0.2) is 5.82 Å². The second kappa shape index (κ2) is 7.08. The Morgan fingerprint density at radius 3 is 2.73 bits per heavy atom. The van der Waals surface area contributed by atoms with Gasteiger partial charge in [-0.1, -0.05) is 5.16 Å².